The molecule has 3 heteroatoms. The van der Waals surface area contributed by atoms with Gasteiger partial charge in [-0.1, -0.05) is 30.3 Å². The van der Waals surface area contributed by atoms with Crippen molar-refractivity contribution in [2.24, 2.45) is 0 Å². The van der Waals surface area contributed by atoms with Gasteiger partial charge in [-0.15, -0.1) is 0 Å². The van der Waals surface area contributed by atoms with Gasteiger partial charge in [-0.2, -0.15) is 0 Å². The number of aliphatic hydroxyl groups excluding tert-OH is 1. The van der Waals surface area contributed by atoms with Crippen molar-refractivity contribution < 1.29 is 5.11 Å². The molecule has 2 aromatic rings. The molecular weight excluding hydrogens is 200 g/mol. The summed E-state index contributed by atoms with van der Waals surface area (Å²) in [5.41, 5.74) is 2.95. The van der Waals surface area contributed by atoms with Gasteiger partial charge in [0, 0.05) is 5.69 Å². The van der Waals surface area contributed by atoms with Gasteiger partial charge in [0.1, 0.15) is 6.33 Å². The molecule has 0 aliphatic rings. The zero-order valence-corrected chi connectivity index (χ0v) is 9.00. The smallest absolute Gasteiger partial charge is 0.116 e. The van der Waals surface area contributed by atoms with Crippen LogP contribution in [0.2, 0.25) is 0 Å². The Labute approximate surface area is 94.8 Å². The molecule has 0 spiro atoms. The first-order chi connectivity index (χ1) is 7.88. The minimum absolute atomic E-state index is 0.0269. The molecule has 0 bridgehead atoms. The van der Waals surface area contributed by atoms with Crippen molar-refractivity contribution in [1.82, 2.24) is 9.97 Å². The van der Waals surface area contributed by atoms with E-state index < -0.39 is 0 Å². The summed E-state index contributed by atoms with van der Waals surface area (Å²) in [7, 11) is 0. The molecule has 1 aromatic heterocycles. The predicted molar refractivity (Wildman–Crippen MR) is 61.8 cm³/mol. The Hall–Kier alpha value is -1.74. The second-order valence-corrected chi connectivity index (χ2v) is 3.64. The standard InChI is InChI=1S/C13H14N2O/c16-9-13-8-12(14-10-15-13)7-6-11-4-2-1-3-5-11/h1-5,8,10,16H,6-7,9H2. The molecule has 0 aliphatic carbocycles. The number of hydrogen-bond acceptors (Lipinski definition) is 3. The van der Waals surface area contributed by atoms with Gasteiger partial charge >= 0.3 is 0 Å². The summed E-state index contributed by atoms with van der Waals surface area (Å²) in [5, 5.41) is 8.96. The average molecular weight is 214 g/mol. The van der Waals surface area contributed by atoms with Crippen LogP contribution in [0.1, 0.15) is 17.0 Å². The Bertz CT molecular complexity index is 443. The van der Waals surface area contributed by atoms with Crippen LogP contribution in [-0.4, -0.2) is 15.1 Å². The molecule has 1 N–H and O–H groups in total. The van der Waals surface area contributed by atoms with E-state index in [4.69, 9.17) is 5.11 Å². The van der Waals surface area contributed by atoms with Crippen LogP contribution in [0.5, 0.6) is 0 Å². The van der Waals surface area contributed by atoms with Crippen LogP contribution >= 0.6 is 0 Å². The molecule has 0 saturated carbocycles. The molecule has 0 unspecified atom stereocenters. The Kier molecular flexibility index (Phi) is 3.62. The fraction of sp³-hybridized carbons (Fsp3) is 0.231. The van der Waals surface area contributed by atoms with Crippen LogP contribution in [0, 0.1) is 0 Å². The van der Waals surface area contributed by atoms with Gasteiger partial charge in [-0.3, -0.25) is 0 Å². The third-order valence-corrected chi connectivity index (χ3v) is 2.45. The zero-order valence-electron chi connectivity index (χ0n) is 9.00. The maximum atomic E-state index is 8.96. The van der Waals surface area contributed by atoms with E-state index in [0.29, 0.717) is 5.69 Å². The van der Waals surface area contributed by atoms with Gasteiger partial charge in [0.15, 0.2) is 0 Å². The third-order valence-electron chi connectivity index (χ3n) is 2.45. The molecule has 2 rings (SSSR count). The fourth-order valence-electron chi connectivity index (χ4n) is 1.58. The van der Waals surface area contributed by atoms with Crippen LogP contribution < -0.4 is 0 Å². The predicted octanol–water partition coefficient (Wildman–Crippen LogP) is 1.75. The van der Waals surface area contributed by atoms with Gasteiger partial charge < -0.3 is 5.11 Å². The Morgan fingerprint density at radius 2 is 1.69 bits per heavy atom. The summed E-state index contributed by atoms with van der Waals surface area (Å²) >= 11 is 0. The lowest BCUT2D eigenvalue weighted by atomic mass is 10.1. The molecule has 0 radical (unpaired) electrons. The molecule has 1 heterocycles. The van der Waals surface area contributed by atoms with Crippen molar-refractivity contribution in [3.63, 3.8) is 0 Å². The fourth-order valence-corrected chi connectivity index (χ4v) is 1.58. The summed E-state index contributed by atoms with van der Waals surface area (Å²) in [6.07, 6.45) is 3.34. The molecule has 16 heavy (non-hydrogen) atoms. The molecule has 0 aliphatic heterocycles. The minimum atomic E-state index is -0.0269. The largest absolute Gasteiger partial charge is 0.390 e. The van der Waals surface area contributed by atoms with Crippen molar-refractivity contribution in [1.29, 1.82) is 0 Å². The number of hydrogen-bond donors (Lipinski definition) is 1. The zero-order chi connectivity index (χ0) is 11.2. The SMILES string of the molecule is OCc1cc(CCc2ccccc2)ncn1. The second kappa shape index (κ2) is 5.37. The van der Waals surface area contributed by atoms with Gasteiger partial charge in [-0.05, 0) is 24.5 Å². The molecule has 0 fully saturated rings. The lowest BCUT2D eigenvalue weighted by molar-refractivity contribution is 0.276. The molecule has 0 saturated heterocycles. The maximum absolute atomic E-state index is 8.96. The number of aryl methyl sites for hydroxylation is 2. The van der Waals surface area contributed by atoms with Crippen LogP contribution in [0.4, 0.5) is 0 Å². The highest BCUT2D eigenvalue weighted by Gasteiger charge is 1.99. The highest BCUT2D eigenvalue weighted by atomic mass is 16.3. The summed E-state index contributed by atoms with van der Waals surface area (Å²) < 4.78 is 0. The summed E-state index contributed by atoms with van der Waals surface area (Å²) in [4.78, 5) is 8.13. The Morgan fingerprint density at radius 3 is 2.44 bits per heavy atom. The van der Waals surface area contributed by atoms with Crippen molar-refractivity contribution >= 4 is 0 Å². The lowest BCUT2D eigenvalue weighted by Gasteiger charge is -2.02. The first-order valence-corrected chi connectivity index (χ1v) is 5.33. The van der Waals surface area contributed by atoms with E-state index in [1.807, 2.05) is 24.3 Å². The van der Waals surface area contributed by atoms with E-state index in [2.05, 4.69) is 22.1 Å². The highest BCUT2D eigenvalue weighted by Crippen LogP contribution is 2.05. The number of rotatable bonds is 4. The number of nitrogens with zero attached hydrogens (tertiary/aromatic N) is 2. The minimum Gasteiger partial charge on any atom is -0.390 e. The van der Waals surface area contributed by atoms with Crippen molar-refractivity contribution in [3.8, 4) is 0 Å². The van der Waals surface area contributed by atoms with E-state index in [9.17, 15) is 0 Å². The van der Waals surface area contributed by atoms with Gasteiger partial charge in [-0.25, -0.2) is 9.97 Å². The topological polar surface area (TPSA) is 46.0 Å². The van der Waals surface area contributed by atoms with Crippen LogP contribution in [0.15, 0.2) is 42.7 Å². The van der Waals surface area contributed by atoms with Crippen molar-refractivity contribution in [2.45, 2.75) is 19.4 Å². The maximum Gasteiger partial charge on any atom is 0.116 e. The molecule has 3 nitrogen and oxygen atoms in total. The van der Waals surface area contributed by atoms with E-state index in [-0.39, 0.29) is 6.61 Å². The molecule has 82 valence electrons. The molecular formula is C13H14N2O. The van der Waals surface area contributed by atoms with Crippen LogP contribution in [0.3, 0.4) is 0 Å². The van der Waals surface area contributed by atoms with Gasteiger partial charge in [0.25, 0.3) is 0 Å². The molecule has 0 amide bonds. The normalized spacial score (nSPS) is 10.3. The average Bonchev–Trinajstić information content (AvgIpc) is 2.38. The van der Waals surface area contributed by atoms with Crippen molar-refractivity contribution in [2.75, 3.05) is 0 Å². The third kappa shape index (κ3) is 2.87. The Morgan fingerprint density at radius 1 is 0.938 bits per heavy atom. The summed E-state index contributed by atoms with van der Waals surface area (Å²) in [5.74, 6) is 0. The van der Waals surface area contributed by atoms with Gasteiger partial charge in [0.05, 0.1) is 12.3 Å². The summed E-state index contributed by atoms with van der Waals surface area (Å²) in [6, 6.07) is 12.1. The highest BCUT2D eigenvalue weighted by molar-refractivity contribution is 5.17. The van der Waals surface area contributed by atoms with Crippen LogP contribution in [0.25, 0.3) is 0 Å². The molecule has 0 atom stereocenters. The van der Waals surface area contributed by atoms with E-state index in [0.717, 1.165) is 18.5 Å². The first-order valence-electron chi connectivity index (χ1n) is 5.33. The first kappa shape index (κ1) is 10.8. The second-order valence-electron chi connectivity index (χ2n) is 3.64. The Balaban J connectivity index is 1.99. The quantitative estimate of drug-likeness (QED) is 0.843. The van der Waals surface area contributed by atoms with E-state index >= 15 is 0 Å². The summed E-state index contributed by atoms with van der Waals surface area (Å²) in [6.45, 7) is -0.0269. The number of benzene rings is 1. The van der Waals surface area contributed by atoms with Crippen LogP contribution in [-0.2, 0) is 19.4 Å². The van der Waals surface area contributed by atoms with Crippen molar-refractivity contribution in [3.05, 3.63) is 59.7 Å². The van der Waals surface area contributed by atoms with Gasteiger partial charge in [0.2, 0.25) is 0 Å². The number of aliphatic hydroxyl groups is 1. The van der Waals surface area contributed by atoms with E-state index in [1.54, 1.807) is 0 Å². The molecule has 1 aromatic carbocycles. The van der Waals surface area contributed by atoms with E-state index in [1.165, 1.54) is 11.9 Å². The number of aromatic nitrogens is 2. The monoisotopic (exact) mass is 214 g/mol. The lowest BCUT2D eigenvalue weighted by Crippen LogP contribution is -1.98.